The number of carbonyl (C=O) groups is 1. The fourth-order valence-corrected chi connectivity index (χ4v) is 3.63. The van der Waals surface area contributed by atoms with Crippen molar-refractivity contribution in [2.24, 2.45) is 0 Å². The highest BCUT2D eigenvalue weighted by atomic mass is 35.5. The van der Waals surface area contributed by atoms with Crippen molar-refractivity contribution in [1.82, 2.24) is 15.1 Å². The molecule has 1 aromatic carbocycles. The number of benzene rings is 1. The molecule has 2 saturated heterocycles. The highest BCUT2D eigenvalue weighted by Crippen LogP contribution is 2.28. The maximum atomic E-state index is 14.1. The average molecular weight is 426 g/mol. The lowest BCUT2D eigenvalue weighted by molar-refractivity contribution is -0.147. The Morgan fingerprint density at radius 2 is 1.96 bits per heavy atom. The van der Waals surface area contributed by atoms with Gasteiger partial charge in [-0.15, -0.1) is 24.8 Å². The fraction of sp³-hybridized carbons (Fsp3) is 0.611. The molecule has 1 aromatic rings. The molecule has 2 aliphatic rings. The quantitative estimate of drug-likeness (QED) is 0.804. The van der Waals surface area contributed by atoms with Crippen LogP contribution in [-0.4, -0.2) is 67.7 Å². The number of ether oxygens (including phenoxy) is 1. The van der Waals surface area contributed by atoms with Gasteiger partial charge >= 0.3 is 0 Å². The fourth-order valence-electron chi connectivity index (χ4n) is 3.63. The number of morpholine rings is 1. The Hall–Kier alpha value is -0.990. The maximum absolute atomic E-state index is 14.1. The van der Waals surface area contributed by atoms with E-state index in [4.69, 9.17) is 4.74 Å². The van der Waals surface area contributed by atoms with Gasteiger partial charge in [-0.3, -0.25) is 9.69 Å². The zero-order valence-corrected chi connectivity index (χ0v) is 17.0. The summed E-state index contributed by atoms with van der Waals surface area (Å²) in [4.78, 5) is 16.5. The molecule has 0 saturated carbocycles. The monoisotopic (exact) mass is 425 g/mol. The Morgan fingerprint density at radius 3 is 2.52 bits per heavy atom. The number of carbonyl (C=O) groups excluding carboxylic acids is 1. The zero-order chi connectivity index (χ0) is 17.8. The number of rotatable bonds is 4. The minimum atomic E-state index is -0.562. The van der Waals surface area contributed by atoms with Gasteiger partial charge in [0.1, 0.15) is 17.7 Å². The first kappa shape index (κ1) is 24.0. The van der Waals surface area contributed by atoms with Crippen molar-refractivity contribution >= 4 is 30.7 Å². The van der Waals surface area contributed by atoms with E-state index in [0.717, 1.165) is 19.0 Å². The normalized spacial score (nSPS) is 21.7. The second-order valence-electron chi connectivity index (χ2n) is 6.51. The van der Waals surface area contributed by atoms with Gasteiger partial charge < -0.3 is 15.0 Å². The van der Waals surface area contributed by atoms with Gasteiger partial charge in [0.25, 0.3) is 5.91 Å². The van der Waals surface area contributed by atoms with Crippen LogP contribution in [0.1, 0.15) is 24.9 Å². The summed E-state index contributed by atoms with van der Waals surface area (Å²) in [6.07, 6.45) is 0.323. The third kappa shape index (κ3) is 5.74. The standard InChI is InChI=1S/C18H25F2N3O2.2ClH/c1-2-16(14-4-3-13(19)11-15(14)20)22-6-8-23(9-7-22)18(24)17-12-21-5-10-25-17;;/h3-4,11,16-17,21H,2,5-10,12H2,1H3;2*1H. The van der Waals surface area contributed by atoms with Crippen molar-refractivity contribution in [1.29, 1.82) is 0 Å². The molecule has 27 heavy (non-hydrogen) atoms. The molecule has 1 amide bonds. The van der Waals surface area contributed by atoms with E-state index < -0.39 is 17.7 Å². The van der Waals surface area contributed by atoms with E-state index >= 15 is 0 Å². The molecule has 2 aliphatic heterocycles. The molecule has 154 valence electrons. The topological polar surface area (TPSA) is 44.8 Å². The van der Waals surface area contributed by atoms with E-state index in [1.165, 1.54) is 12.1 Å². The molecule has 0 aromatic heterocycles. The summed E-state index contributed by atoms with van der Waals surface area (Å²) in [5.41, 5.74) is 0.517. The van der Waals surface area contributed by atoms with Crippen molar-refractivity contribution in [2.45, 2.75) is 25.5 Å². The third-order valence-corrected chi connectivity index (χ3v) is 4.98. The van der Waals surface area contributed by atoms with Gasteiger partial charge in [0.15, 0.2) is 0 Å². The largest absolute Gasteiger partial charge is 0.366 e. The first-order chi connectivity index (χ1) is 12.1. The van der Waals surface area contributed by atoms with E-state index in [9.17, 15) is 13.6 Å². The number of piperazine rings is 1. The Balaban J connectivity index is 0.00000182. The van der Waals surface area contributed by atoms with Crippen molar-refractivity contribution in [2.75, 3.05) is 45.9 Å². The summed E-state index contributed by atoms with van der Waals surface area (Å²) < 4.78 is 32.8. The predicted octanol–water partition coefficient (Wildman–Crippen LogP) is 2.39. The molecule has 0 aliphatic carbocycles. The summed E-state index contributed by atoms with van der Waals surface area (Å²) >= 11 is 0. The summed E-state index contributed by atoms with van der Waals surface area (Å²) in [5, 5.41) is 3.17. The van der Waals surface area contributed by atoms with Crippen LogP contribution in [-0.2, 0) is 9.53 Å². The van der Waals surface area contributed by atoms with E-state index in [0.29, 0.717) is 44.9 Å². The van der Waals surface area contributed by atoms with Crippen LogP contribution in [0.25, 0.3) is 0 Å². The van der Waals surface area contributed by atoms with Crippen molar-refractivity contribution in [3.8, 4) is 0 Å². The van der Waals surface area contributed by atoms with Crippen molar-refractivity contribution in [3.05, 3.63) is 35.4 Å². The summed E-state index contributed by atoms with van der Waals surface area (Å²) in [7, 11) is 0. The highest BCUT2D eigenvalue weighted by molar-refractivity contribution is 5.85. The van der Waals surface area contributed by atoms with E-state index in [1.807, 2.05) is 11.8 Å². The number of hydrogen-bond acceptors (Lipinski definition) is 4. The Morgan fingerprint density at radius 1 is 1.26 bits per heavy atom. The minimum absolute atomic E-state index is 0. The van der Waals surface area contributed by atoms with Gasteiger partial charge in [-0.25, -0.2) is 8.78 Å². The van der Waals surface area contributed by atoms with Gasteiger partial charge in [-0.2, -0.15) is 0 Å². The lowest BCUT2D eigenvalue weighted by Gasteiger charge is -2.40. The van der Waals surface area contributed by atoms with E-state index in [1.54, 1.807) is 0 Å². The molecule has 9 heteroatoms. The Kier molecular flexibility index (Phi) is 9.90. The van der Waals surface area contributed by atoms with Crippen LogP contribution in [0.3, 0.4) is 0 Å². The molecule has 0 radical (unpaired) electrons. The van der Waals surface area contributed by atoms with Crippen LogP contribution in [0.2, 0.25) is 0 Å². The van der Waals surface area contributed by atoms with Gasteiger partial charge in [-0.05, 0) is 12.5 Å². The van der Waals surface area contributed by atoms with Crippen LogP contribution in [0.5, 0.6) is 0 Å². The van der Waals surface area contributed by atoms with Gasteiger partial charge in [0.2, 0.25) is 0 Å². The number of amides is 1. The highest BCUT2D eigenvalue weighted by Gasteiger charge is 2.31. The maximum Gasteiger partial charge on any atom is 0.253 e. The van der Waals surface area contributed by atoms with E-state index in [2.05, 4.69) is 10.2 Å². The number of halogens is 4. The van der Waals surface area contributed by atoms with Crippen LogP contribution >= 0.6 is 24.8 Å². The molecule has 0 spiro atoms. The number of nitrogens with zero attached hydrogens (tertiary/aromatic N) is 2. The molecular formula is C18H27Cl2F2N3O2. The minimum Gasteiger partial charge on any atom is -0.366 e. The molecule has 2 unspecified atom stereocenters. The Labute approximate surface area is 171 Å². The SMILES string of the molecule is CCC(c1ccc(F)cc1F)N1CCN(C(=O)C2CNCCO2)CC1.Cl.Cl. The lowest BCUT2D eigenvalue weighted by Crippen LogP contribution is -2.55. The number of nitrogens with one attached hydrogen (secondary N) is 1. The average Bonchev–Trinajstić information content (AvgIpc) is 2.65. The molecule has 2 fully saturated rings. The molecule has 1 N–H and O–H groups in total. The van der Waals surface area contributed by atoms with Crippen molar-refractivity contribution in [3.63, 3.8) is 0 Å². The molecular weight excluding hydrogens is 399 g/mol. The number of hydrogen-bond donors (Lipinski definition) is 1. The second kappa shape index (κ2) is 11.1. The first-order valence-electron chi connectivity index (χ1n) is 8.90. The molecule has 5 nitrogen and oxygen atoms in total. The van der Waals surface area contributed by atoms with Gasteiger partial charge in [0.05, 0.1) is 6.61 Å². The third-order valence-electron chi connectivity index (χ3n) is 4.98. The molecule has 3 rings (SSSR count). The van der Waals surface area contributed by atoms with Crippen LogP contribution in [0, 0.1) is 11.6 Å². The van der Waals surface area contributed by atoms with E-state index in [-0.39, 0.29) is 36.8 Å². The molecule has 2 atom stereocenters. The van der Waals surface area contributed by atoms with Crippen LogP contribution in [0.15, 0.2) is 18.2 Å². The zero-order valence-electron chi connectivity index (χ0n) is 15.3. The second-order valence-corrected chi connectivity index (χ2v) is 6.51. The molecule has 2 heterocycles. The van der Waals surface area contributed by atoms with Crippen LogP contribution < -0.4 is 5.32 Å². The predicted molar refractivity (Wildman–Crippen MR) is 105 cm³/mol. The smallest absolute Gasteiger partial charge is 0.253 e. The van der Waals surface area contributed by atoms with Crippen molar-refractivity contribution < 1.29 is 18.3 Å². The summed E-state index contributed by atoms with van der Waals surface area (Å²) in [6, 6.07) is 3.66. The van der Waals surface area contributed by atoms with Gasteiger partial charge in [0, 0.05) is 56.9 Å². The molecule has 0 bridgehead atoms. The summed E-state index contributed by atoms with van der Waals surface area (Å²) in [5.74, 6) is -1.05. The van der Waals surface area contributed by atoms with Gasteiger partial charge in [-0.1, -0.05) is 13.0 Å². The first-order valence-corrected chi connectivity index (χ1v) is 8.90. The summed E-state index contributed by atoms with van der Waals surface area (Å²) in [6.45, 7) is 6.40. The van der Waals surface area contributed by atoms with Crippen LogP contribution in [0.4, 0.5) is 8.78 Å². The lowest BCUT2D eigenvalue weighted by atomic mass is 10.0. The Bertz CT molecular complexity index is 610.